The Balaban J connectivity index is 1.48. The number of thiazole rings is 1. The first-order valence-electron chi connectivity index (χ1n) is 6.36. The van der Waals surface area contributed by atoms with Crippen molar-refractivity contribution in [3.8, 4) is 0 Å². The van der Waals surface area contributed by atoms with Crippen LogP contribution < -0.4 is 10.6 Å². The van der Waals surface area contributed by atoms with Crippen LogP contribution in [-0.4, -0.2) is 35.8 Å². The van der Waals surface area contributed by atoms with Gasteiger partial charge in [0.15, 0.2) is 0 Å². The highest BCUT2D eigenvalue weighted by atomic mass is 32.1. The second-order valence-electron chi connectivity index (χ2n) is 5.05. The molecule has 2 atom stereocenters. The SMILES string of the molecule is OC1CNCC1CNCc1scnc1C1CC1. The van der Waals surface area contributed by atoms with Crippen molar-refractivity contribution in [1.29, 1.82) is 0 Å². The standard InChI is InChI=1S/C12H19N3OS/c16-10-5-13-3-9(10)4-14-6-11-12(8-1-2-8)15-7-17-11/h7-10,13-14,16H,1-6H2. The van der Waals surface area contributed by atoms with Crippen molar-refractivity contribution >= 4 is 11.3 Å². The Morgan fingerprint density at radius 1 is 1.47 bits per heavy atom. The van der Waals surface area contributed by atoms with Crippen LogP contribution in [0.25, 0.3) is 0 Å². The van der Waals surface area contributed by atoms with E-state index in [0.29, 0.717) is 5.92 Å². The highest BCUT2D eigenvalue weighted by Crippen LogP contribution is 2.41. The summed E-state index contributed by atoms with van der Waals surface area (Å²) in [6, 6.07) is 0. The fourth-order valence-electron chi connectivity index (χ4n) is 2.40. The third kappa shape index (κ3) is 2.68. The smallest absolute Gasteiger partial charge is 0.0798 e. The molecule has 3 N–H and O–H groups in total. The largest absolute Gasteiger partial charge is 0.391 e. The average Bonchev–Trinajstić information content (AvgIpc) is 2.93. The lowest BCUT2D eigenvalue weighted by atomic mass is 10.1. The minimum atomic E-state index is -0.188. The molecule has 0 radical (unpaired) electrons. The lowest BCUT2D eigenvalue weighted by molar-refractivity contribution is 0.146. The third-order valence-electron chi connectivity index (χ3n) is 3.63. The van der Waals surface area contributed by atoms with Crippen molar-refractivity contribution < 1.29 is 5.11 Å². The van der Waals surface area contributed by atoms with Gasteiger partial charge in [-0.05, 0) is 12.8 Å². The summed E-state index contributed by atoms with van der Waals surface area (Å²) < 4.78 is 0. The number of hydrogen-bond acceptors (Lipinski definition) is 5. The molecule has 0 spiro atoms. The van der Waals surface area contributed by atoms with Crippen LogP contribution in [0.2, 0.25) is 0 Å². The molecule has 1 aromatic heterocycles. The van der Waals surface area contributed by atoms with E-state index in [1.165, 1.54) is 23.4 Å². The molecular weight excluding hydrogens is 234 g/mol. The van der Waals surface area contributed by atoms with Gasteiger partial charge < -0.3 is 15.7 Å². The number of nitrogens with zero attached hydrogens (tertiary/aromatic N) is 1. The van der Waals surface area contributed by atoms with Crippen LogP contribution in [-0.2, 0) is 6.54 Å². The zero-order chi connectivity index (χ0) is 11.7. The number of hydrogen-bond donors (Lipinski definition) is 3. The Labute approximate surface area is 105 Å². The molecule has 94 valence electrons. The van der Waals surface area contributed by atoms with E-state index in [4.69, 9.17) is 0 Å². The summed E-state index contributed by atoms with van der Waals surface area (Å²) in [7, 11) is 0. The number of rotatable bonds is 5. The predicted molar refractivity (Wildman–Crippen MR) is 68.2 cm³/mol. The van der Waals surface area contributed by atoms with Gasteiger partial charge in [0.2, 0.25) is 0 Å². The molecule has 17 heavy (non-hydrogen) atoms. The molecule has 2 unspecified atom stereocenters. The monoisotopic (exact) mass is 253 g/mol. The molecule has 5 heteroatoms. The van der Waals surface area contributed by atoms with E-state index in [9.17, 15) is 5.11 Å². The van der Waals surface area contributed by atoms with Crippen LogP contribution in [0.15, 0.2) is 5.51 Å². The zero-order valence-electron chi connectivity index (χ0n) is 9.85. The van der Waals surface area contributed by atoms with Gasteiger partial charge in [0, 0.05) is 42.9 Å². The van der Waals surface area contributed by atoms with E-state index < -0.39 is 0 Å². The van der Waals surface area contributed by atoms with Crippen LogP contribution in [0.5, 0.6) is 0 Å². The normalized spacial score (nSPS) is 28.8. The first-order chi connectivity index (χ1) is 8.34. The minimum Gasteiger partial charge on any atom is -0.391 e. The quantitative estimate of drug-likeness (QED) is 0.723. The number of β-amino-alcohol motifs (C(OH)–C–C–N with tert-alkyl or cyclic N) is 1. The average molecular weight is 253 g/mol. The van der Waals surface area contributed by atoms with Gasteiger partial charge in [0.1, 0.15) is 0 Å². The maximum absolute atomic E-state index is 9.69. The highest BCUT2D eigenvalue weighted by molar-refractivity contribution is 7.09. The summed E-state index contributed by atoms with van der Waals surface area (Å²) in [5, 5.41) is 16.3. The summed E-state index contributed by atoms with van der Waals surface area (Å²) in [4.78, 5) is 5.84. The van der Waals surface area contributed by atoms with Crippen molar-refractivity contribution in [3.05, 3.63) is 16.1 Å². The van der Waals surface area contributed by atoms with Gasteiger partial charge in [0.25, 0.3) is 0 Å². The van der Waals surface area contributed by atoms with E-state index in [0.717, 1.165) is 32.1 Å². The van der Waals surface area contributed by atoms with Crippen molar-refractivity contribution in [1.82, 2.24) is 15.6 Å². The van der Waals surface area contributed by atoms with E-state index in [2.05, 4.69) is 15.6 Å². The molecule has 0 amide bonds. The Kier molecular flexibility index (Phi) is 3.42. The van der Waals surface area contributed by atoms with Crippen molar-refractivity contribution in [2.45, 2.75) is 31.4 Å². The molecule has 1 saturated carbocycles. The van der Waals surface area contributed by atoms with Gasteiger partial charge in [-0.25, -0.2) is 4.98 Å². The molecule has 4 nitrogen and oxygen atoms in total. The van der Waals surface area contributed by atoms with Crippen LogP contribution in [0.3, 0.4) is 0 Å². The minimum absolute atomic E-state index is 0.188. The summed E-state index contributed by atoms with van der Waals surface area (Å²) in [5.41, 5.74) is 3.27. The predicted octanol–water partition coefficient (Wildman–Crippen LogP) is 0.690. The molecule has 1 aliphatic heterocycles. The molecule has 0 bridgehead atoms. The highest BCUT2D eigenvalue weighted by Gasteiger charge is 2.28. The molecular formula is C12H19N3OS. The Morgan fingerprint density at radius 2 is 2.35 bits per heavy atom. The maximum Gasteiger partial charge on any atom is 0.0798 e. The van der Waals surface area contributed by atoms with Gasteiger partial charge in [-0.15, -0.1) is 11.3 Å². The molecule has 0 aromatic carbocycles. The number of aliphatic hydroxyl groups excluding tert-OH is 1. The maximum atomic E-state index is 9.69. The fraction of sp³-hybridized carbons (Fsp3) is 0.750. The lowest BCUT2D eigenvalue weighted by Gasteiger charge is -2.13. The lowest BCUT2D eigenvalue weighted by Crippen LogP contribution is -2.30. The van der Waals surface area contributed by atoms with E-state index in [1.807, 2.05) is 5.51 Å². The molecule has 2 fully saturated rings. The first-order valence-corrected chi connectivity index (χ1v) is 7.24. The van der Waals surface area contributed by atoms with Crippen molar-refractivity contribution in [2.75, 3.05) is 19.6 Å². The summed E-state index contributed by atoms with van der Waals surface area (Å²) in [5.74, 6) is 1.09. The first kappa shape index (κ1) is 11.6. The Morgan fingerprint density at radius 3 is 3.06 bits per heavy atom. The number of nitrogens with one attached hydrogen (secondary N) is 2. The molecule has 1 saturated heterocycles. The van der Waals surface area contributed by atoms with Gasteiger partial charge >= 0.3 is 0 Å². The number of aliphatic hydroxyl groups is 1. The van der Waals surface area contributed by atoms with Crippen LogP contribution in [0, 0.1) is 5.92 Å². The fourth-order valence-corrected chi connectivity index (χ4v) is 3.22. The van der Waals surface area contributed by atoms with Gasteiger partial charge in [-0.3, -0.25) is 0 Å². The summed E-state index contributed by atoms with van der Waals surface area (Å²) in [6.07, 6.45) is 2.43. The van der Waals surface area contributed by atoms with Gasteiger partial charge in [-0.1, -0.05) is 0 Å². The van der Waals surface area contributed by atoms with Gasteiger partial charge in [-0.2, -0.15) is 0 Å². The second-order valence-corrected chi connectivity index (χ2v) is 5.99. The van der Waals surface area contributed by atoms with Crippen LogP contribution in [0.1, 0.15) is 29.3 Å². The second kappa shape index (κ2) is 5.02. The third-order valence-corrected chi connectivity index (χ3v) is 4.48. The molecule has 3 rings (SSSR count). The van der Waals surface area contributed by atoms with Gasteiger partial charge in [0.05, 0.1) is 17.3 Å². The van der Waals surface area contributed by atoms with Crippen molar-refractivity contribution in [3.63, 3.8) is 0 Å². The summed E-state index contributed by atoms with van der Waals surface area (Å²) in [6.45, 7) is 3.45. The molecule has 1 aliphatic carbocycles. The zero-order valence-corrected chi connectivity index (χ0v) is 10.7. The van der Waals surface area contributed by atoms with E-state index >= 15 is 0 Å². The number of aromatic nitrogens is 1. The van der Waals surface area contributed by atoms with E-state index in [-0.39, 0.29) is 6.10 Å². The summed E-state index contributed by atoms with van der Waals surface area (Å²) >= 11 is 1.75. The van der Waals surface area contributed by atoms with Crippen LogP contribution >= 0.6 is 11.3 Å². The van der Waals surface area contributed by atoms with Crippen molar-refractivity contribution in [2.24, 2.45) is 5.92 Å². The van der Waals surface area contributed by atoms with E-state index in [1.54, 1.807) is 11.3 Å². The Hall–Kier alpha value is -0.490. The van der Waals surface area contributed by atoms with Crippen LogP contribution in [0.4, 0.5) is 0 Å². The Bertz CT molecular complexity index is 378. The molecule has 2 heterocycles. The molecule has 1 aromatic rings. The molecule has 2 aliphatic rings. The topological polar surface area (TPSA) is 57.2 Å².